The summed E-state index contributed by atoms with van der Waals surface area (Å²) in [5.74, 6) is 1.66. The molecule has 4 aliphatic carbocycles. The molecule has 10 unspecified atom stereocenters. The first-order valence-electron chi connectivity index (χ1n) is 23.2. The summed E-state index contributed by atoms with van der Waals surface area (Å²) in [7, 11) is 0. The highest BCUT2D eigenvalue weighted by molar-refractivity contribution is 5.29. The van der Waals surface area contributed by atoms with Crippen LogP contribution >= 0.6 is 0 Å². The average Bonchev–Trinajstić information content (AvgIpc) is 3.67. The molecule has 348 valence electrons. The van der Waals surface area contributed by atoms with E-state index in [1.807, 2.05) is 0 Å². The van der Waals surface area contributed by atoms with Gasteiger partial charge in [0.15, 0.2) is 24.7 Å². The molecule has 61 heavy (non-hydrogen) atoms. The van der Waals surface area contributed by atoms with E-state index in [-0.39, 0.29) is 29.8 Å². The van der Waals surface area contributed by atoms with E-state index < -0.39 is 116 Å². The summed E-state index contributed by atoms with van der Waals surface area (Å²) >= 11 is 0. The Morgan fingerprint density at radius 3 is 1.87 bits per heavy atom. The summed E-state index contributed by atoms with van der Waals surface area (Å²) in [6.07, 6.45) is -13.1. The average molecular weight is 869 g/mol. The Labute approximate surface area is 358 Å². The molecule has 5 heterocycles. The number of aliphatic hydroxyl groups excluding tert-OH is 8. The van der Waals surface area contributed by atoms with Crippen molar-refractivity contribution in [2.24, 2.45) is 46.3 Å². The van der Waals surface area contributed by atoms with Crippen LogP contribution < -0.4 is 0 Å². The van der Waals surface area contributed by atoms with Gasteiger partial charge in [0.1, 0.15) is 54.9 Å². The van der Waals surface area contributed by atoms with E-state index in [0.717, 1.165) is 50.7 Å². The third kappa shape index (κ3) is 7.24. The zero-order valence-corrected chi connectivity index (χ0v) is 36.6. The molecular weight excluding hydrogens is 796 g/mol. The Bertz CT molecular complexity index is 1610. The molecule has 8 fully saturated rings. The van der Waals surface area contributed by atoms with Crippen LogP contribution in [-0.4, -0.2) is 164 Å². The minimum absolute atomic E-state index is 0.0674. The van der Waals surface area contributed by atoms with Gasteiger partial charge >= 0.3 is 0 Å². The molecule has 5 saturated heterocycles. The van der Waals surface area contributed by atoms with Crippen molar-refractivity contribution in [3.05, 3.63) is 11.6 Å². The second-order valence-electron chi connectivity index (χ2n) is 21.1. The lowest BCUT2D eigenvalue weighted by atomic mass is 9.46. The molecule has 3 saturated carbocycles. The molecule has 0 amide bonds. The van der Waals surface area contributed by atoms with Crippen molar-refractivity contribution < 1.29 is 78.7 Å². The second-order valence-corrected chi connectivity index (χ2v) is 21.1. The van der Waals surface area contributed by atoms with E-state index in [2.05, 4.69) is 33.8 Å². The van der Waals surface area contributed by atoms with Gasteiger partial charge in [0.2, 0.25) is 0 Å². The van der Waals surface area contributed by atoms with E-state index in [1.165, 1.54) is 13.8 Å². The largest absolute Gasteiger partial charge is 0.393 e. The maximum absolute atomic E-state index is 11.7. The van der Waals surface area contributed by atoms with Crippen molar-refractivity contribution >= 4 is 0 Å². The van der Waals surface area contributed by atoms with Crippen LogP contribution in [0.2, 0.25) is 0 Å². The molecule has 16 nitrogen and oxygen atoms in total. The molecule has 16 heteroatoms. The van der Waals surface area contributed by atoms with Crippen molar-refractivity contribution in [3.8, 4) is 0 Å². The Morgan fingerprint density at radius 2 is 1.25 bits per heavy atom. The number of rotatable bonds is 6. The molecular formula is C45H72O16. The molecule has 0 aromatic heterocycles. The topological polar surface area (TPSA) is 236 Å². The molecule has 8 N–H and O–H groups in total. The first-order valence-corrected chi connectivity index (χ1v) is 23.2. The molecule has 0 aromatic rings. The Morgan fingerprint density at radius 1 is 0.639 bits per heavy atom. The van der Waals surface area contributed by atoms with Crippen molar-refractivity contribution in [1.82, 2.24) is 0 Å². The standard InChI is InChI=1S/C45H72O16/c1-18-10-13-45(54-17-18)19(2)30-28(61-45)16-27-25-9-8-23-14-24(46)15-29(44(23,7)26(25)11-12-43(27,30)6)58-42-39(60-41-37(53)35(51)32(48)21(4)56-41)38(33(49)22(5)57-42)59-40-36(52)34(50)31(47)20(3)55-40/h8,18-22,24-42,46-53H,9-17H2,1-7H3/t18?,19?,20-,21-,22-,24-,25?,26?,27?,28?,29-,30?,31-,32+,33+,34-,35-,36-,37-,38-,39-,40+,41+,42+,43?,44?,45?/m1/s1. The first kappa shape index (κ1) is 45.3. The minimum Gasteiger partial charge on any atom is -0.393 e. The molecule has 0 radical (unpaired) electrons. The lowest BCUT2D eigenvalue weighted by Gasteiger charge is -2.60. The van der Waals surface area contributed by atoms with E-state index in [4.69, 9.17) is 37.9 Å². The summed E-state index contributed by atoms with van der Waals surface area (Å²) in [4.78, 5) is 0. The van der Waals surface area contributed by atoms with Gasteiger partial charge in [-0.05, 0) is 94.3 Å². The number of ether oxygens (including phenoxy) is 8. The monoisotopic (exact) mass is 868 g/mol. The summed E-state index contributed by atoms with van der Waals surface area (Å²) in [5.41, 5.74) is 0.673. The summed E-state index contributed by atoms with van der Waals surface area (Å²) in [6, 6.07) is 0. The van der Waals surface area contributed by atoms with Crippen LogP contribution in [0.4, 0.5) is 0 Å². The highest BCUT2D eigenvalue weighted by Gasteiger charge is 2.70. The van der Waals surface area contributed by atoms with Crippen molar-refractivity contribution in [2.75, 3.05) is 6.61 Å². The smallest absolute Gasteiger partial charge is 0.187 e. The number of aliphatic hydroxyl groups is 8. The van der Waals surface area contributed by atoms with Gasteiger partial charge in [-0.3, -0.25) is 0 Å². The van der Waals surface area contributed by atoms with Gasteiger partial charge in [0.25, 0.3) is 0 Å². The van der Waals surface area contributed by atoms with Gasteiger partial charge < -0.3 is 78.7 Å². The minimum atomic E-state index is -1.72. The van der Waals surface area contributed by atoms with E-state index in [9.17, 15) is 40.9 Å². The maximum Gasteiger partial charge on any atom is 0.187 e. The molecule has 0 bridgehead atoms. The lowest BCUT2D eigenvalue weighted by Crippen LogP contribution is -2.67. The number of hydrogen-bond donors (Lipinski definition) is 8. The van der Waals surface area contributed by atoms with Gasteiger partial charge in [-0.2, -0.15) is 0 Å². The lowest BCUT2D eigenvalue weighted by molar-refractivity contribution is -0.394. The normalized spacial score (nSPS) is 59.6. The summed E-state index contributed by atoms with van der Waals surface area (Å²) in [6.45, 7) is 14.7. The van der Waals surface area contributed by atoms with Crippen LogP contribution in [0, 0.1) is 46.3 Å². The quantitative estimate of drug-likeness (QED) is 0.176. The predicted molar refractivity (Wildman–Crippen MR) is 213 cm³/mol. The number of hydrogen-bond acceptors (Lipinski definition) is 16. The predicted octanol–water partition coefficient (Wildman–Crippen LogP) is 1.24. The Kier molecular flexibility index (Phi) is 12.2. The van der Waals surface area contributed by atoms with Crippen LogP contribution in [0.25, 0.3) is 0 Å². The molecule has 1 spiro atoms. The van der Waals surface area contributed by atoms with Crippen LogP contribution in [0.1, 0.15) is 99.8 Å². The third-order valence-electron chi connectivity index (χ3n) is 17.7. The number of allylic oxidation sites excluding steroid dienone is 1. The zero-order chi connectivity index (χ0) is 43.7. The third-order valence-corrected chi connectivity index (χ3v) is 17.7. The van der Waals surface area contributed by atoms with Crippen LogP contribution in [-0.2, 0) is 37.9 Å². The van der Waals surface area contributed by atoms with Gasteiger partial charge in [0.05, 0.1) is 43.2 Å². The fourth-order valence-electron chi connectivity index (χ4n) is 14.0. The zero-order valence-electron chi connectivity index (χ0n) is 36.6. The van der Waals surface area contributed by atoms with Crippen molar-refractivity contribution in [1.29, 1.82) is 0 Å². The second kappa shape index (κ2) is 16.5. The first-order chi connectivity index (χ1) is 28.8. The summed E-state index contributed by atoms with van der Waals surface area (Å²) in [5, 5.41) is 87.6. The molecule has 5 aliphatic heterocycles. The van der Waals surface area contributed by atoms with Crippen LogP contribution in [0.3, 0.4) is 0 Å². The molecule has 9 rings (SSSR count). The Hall–Kier alpha value is -0.900. The highest BCUT2D eigenvalue weighted by atomic mass is 16.8. The van der Waals surface area contributed by atoms with Crippen LogP contribution in [0.15, 0.2) is 11.6 Å². The molecule has 9 aliphatic rings. The van der Waals surface area contributed by atoms with E-state index in [0.29, 0.717) is 30.1 Å². The number of fused-ring (bicyclic) bond motifs is 7. The Balaban J connectivity index is 1.01. The SMILES string of the molecule is CC1CCC2(OC1)OC1CC3C4CC=C5C[C@@H](O)C[C@@H](O[C@@H]6O[C@H](C)[C@H](O)[C@@H](O[C@@H]7O[C@H](C)[C@@H](O)[C@@H](O)[C@H]7O)[C@H]6O[C@@H]6O[C@H](C)[C@H](O)[C@@H](O)[C@H]6O)C5(C)C4CCC3(C)C1C2C. The van der Waals surface area contributed by atoms with Gasteiger partial charge in [0, 0.05) is 24.2 Å². The van der Waals surface area contributed by atoms with Gasteiger partial charge in [-0.1, -0.05) is 39.3 Å². The highest BCUT2D eigenvalue weighted by Crippen LogP contribution is 2.71. The van der Waals surface area contributed by atoms with Crippen LogP contribution in [0.5, 0.6) is 0 Å². The molecule has 0 aromatic carbocycles. The summed E-state index contributed by atoms with van der Waals surface area (Å²) < 4.78 is 51.5. The van der Waals surface area contributed by atoms with Gasteiger partial charge in [-0.15, -0.1) is 0 Å². The van der Waals surface area contributed by atoms with E-state index >= 15 is 0 Å². The molecule has 27 atom stereocenters. The van der Waals surface area contributed by atoms with Crippen molar-refractivity contribution in [2.45, 2.75) is 216 Å². The van der Waals surface area contributed by atoms with Crippen molar-refractivity contribution in [3.63, 3.8) is 0 Å². The van der Waals surface area contributed by atoms with E-state index in [1.54, 1.807) is 6.92 Å². The van der Waals surface area contributed by atoms with Gasteiger partial charge in [-0.25, -0.2) is 0 Å². The fraction of sp³-hybridized carbons (Fsp3) is 0.956. The maximum atomic E-state index is 11.7. The fourth-order valence-corrected chi connectivity index (χ4v) is 14.0.